The van der Waals surface area contributed by atoms with E-state index in [2.05, 4.69) is 15.9 Å². The van der Waals surface area contributed by atoms with Crippen LogP contribution in [0, 0.1) is 0 Å². The Morgan fingerprint density at radius 1 is 1.53 bits per heavy atom. The van der Waals surface area contributed by atoms with Crippen molar-refractivity contribution in [1.29, 1.82) is 0 Å². The van der Waals surface area contributed by atoms with E-state index in [4.69, 9.17) is 10.5 Å². The third-order valence-corrected chi connectivity index (χ3v) is 2.82. The molecule has 15 heavy (non-hydrogen) atoms. The minimum atomic E-state index is -0.849. The van der Waals surface area contributed by atoms with Crippen LogP contribution in [0.5, 0.6) is 5.75 Å². The van der Waals surface area contributed by atoms with Crippen molar-refractivity contribution in [2.24, 2.45) is 5.73 Å². The van der Waals surface area contributed by atoms with Crippen molar-refractivity contribution in [2.45, 2.75) is 12.7 Å². The minimum Gasteiger partial charge on any atom is -0.508 e. The van der Waals surface area contributed by atoms with Gasteiger partial charge in [-0.05, 0) is 17.7 Å². The number of halogens is 1. The summed E-state index contributed by atoms with van der Waals surface area (Å²) in [7, 11) is 1.58. The summed E-state index contributed by atoms with van der Waals surface area (Å²) in [4.78, 5) is 0. The van der Waals surface area contributed by atoms with Gasteiger partial charge >= 0.3 is 0 Å². The monoisotopic (exact) mass is 275 g/mol. The number of phenols is 1. The van der Waals surface area contributed by atoms with Crippen LogP contribution in [0.15, 0.2) is 16.6 Å². The quantitative estimate of drug-likeness (QED) is 0.774. The number of hydrogen-bond acceptors (Lipinski definition) is 4. The van der Waals surface area contributed by atoms with Crippen LogP contribution in [0.25, 0.3) is 0 Å². The molecule has 0 aliphatic rings. The number of nitrogens with two attached hydrogens (primary N) is 1. The predicted molar refractivity (Wildman–Crippen MR) is 60.5 cm³/mol. The molecule has 0 fully saturated rings. The molecule has 1 aromatic carbocycles. The van der Waals surface area contributed by atoms with Crippen LogP contribution >= 0.6 is 15.9 Å². The number of hydrogen-bond donors (Lipinski definition) is 3. The lowest BCUT2D eigenvalue weighted by Gasteiger charge is -2.13. The maximum atomic E-state index is 9.65. The van der Waals surface area contributed by atoms with Crippen molar-refractivity contribution >= 4 is 15.9 Å². The molecule has 0 heterocycles. The Kier molecular flexibility index (Phi) is 4.53. The SMILES string of the molecule is COCc1cc(O)c(C(O)CN)cc1Br. The molecule has 0 spiro atoms. The van der Waals surface area contributed by atoms with Crippen molar-refractivity contribution in [3.8, 4) is 5.75 Å². The standard InChI is InChI=1S/C10H14BrNO3/c1-15-5-6-2-9(13)7(3-8(6)11)10(14)4-12/h2-3,10,13-14H,4-5,12H2,1H3. The van der Waals surface area contributed by atoms with Crippen molar-refractivity contribution in [2.75, 3.05) is 13.7 Å². The third kappa shape index (κ3) is 2.92. The van der Waals surface area contributed by atoms with Crippen LogP contribution in [0.1, 0.15) is 17.2 Å². The molecule has 0 aromatic heterocycles. The highest BCUT2D eigenvalue weighted by atomic mass is 79.9. The molecule has 0 aliphatic heterocycles. The number of ether oxygens (including phenoxy) is 1. The summed E-state index contributed by atoms with van der Waals surface area (Å²) < 4.78 is 5.74. The molecule has 0 saturated heterocycles. The molecule has 0 saturated carbocycles. The first kappa shape index (κ1) is 12.4. The van der Waals surface area contributed by atoms with Gasteiger partial charge in [-0.15, -0.1) is 0 Å². The summed E-state index contributed by atoms with van der Waals surface area (Å²) >= 11 is 3.34. The Hall–Kier alpha value is -0.620. The lowest BCUT2D eigenvalue weighted by atomic mass is 10.1. The lowest BCUT2D eigenvalue weighted by Crippen LogP contribution is -2.12. The number of aliphatic hydroxyl groups is 1. The smallest absolute Gasteiger partial charge is 0.121 e. The average molecular weight is 276 g/mol. The molecule has 0 aliphatic carbocycles. The number of rotatable bonds is 4. The Bertz CT molecular complexity index is 344. The second kappa shape index (κ2) is 5.46. The second-order valence-electron chi connectivity index (χ2n) is 3.19. The summed E-state index contributed by atoms with van der Waals surface area (Å²) in [6.45, 7) is 0.469. The first-order valence-electron chi connectivity index (χ1n) is 4.48. The van der Waals surface area contributed by atoms with E-state index in [0.29, 0.717) is 12.2 Å². The highest BCUT2D eigenvalue weighted by molar-refractivity contribution is 9.10. The van der Waals surface area contributed by atoms with E-state index >= 15 is 0 Å². The zero-order chi connectivity index (χ0) is 11.4. The Labute approximate surface area is 96.8 Å². The molecule has 0 radical (unpaired) electrons. The van der Waals surface area contributed by atoms with Gasteiger partial charge in [-0.25, -0.2) is 0 Å². The summed E-state index contributed by atoms with van der Waals surface area (Å²) in [5.74, 6) is 0.0307. The van der Waals surface area contributed by atoms with Crippen LogP contribution in [-0.4, -0.2) is 23.9 Å². The van der Waals surface area contributed by atoms with Crippen molar-refractivity contribution in [3.05, 3.63) is 27.7 Å². The van der Waals surface area contributed by atoms with Gasteiger partial charge in [-0.3, -0.25) is 0 Å². The number of benzene rings is 1. The van der Waals surface area contributed by atoms with Gasteiger partial charge in [0, 0.05) is 23.7 Å². The molecule has 0 amide bonds. The molecule has 4 nitrogen and oxygen atoms in total. The van der Waals surface area contributed by atoms with Crippen molar-refractivity contribution < 1.29 is 14.9 Å². The van der Waals surface area contributed by atoms with Gasteiger partial charge < -0.3 is 20.7 Å². The predicted octanol–water partition coefficient (Wildman–Crippen LogP) is 1.29. The Morgan fingerprint density at radius 3 is 2.73 bits per heavy atom. The third-order valence-electron chi connectivity index (χ3n) is 2.08. The molecule has 4 N–H and O–H groups in total. The summed E-state index contributed by atoms with van der Waals surface area (Å²) in [6, 6.07) is 3.21. The van der Waals surface area contributed by atoms with E-state index in [1.807, 2.05) is 0 Å². The van der Waals surface area contributed by atoms with Crippen LogP contribution < -0.4 is 5.73 Å². The van der Waals surface area contributed by atoms with E-state index in [9.17, 15) is 10.2 Å². The van der Waals surface area contributed by atoms with Gasteiger partial charge in [0.15, 0.2) is 0 Å². The highest BCUT2D eigenvalue weighted by Gasteiger charge is 2.13. The zero-order valence-corrected chi connectivity index (χ0v) is 9.99. The average Bonchev–Trinajstić information content (AvgIpc) is 2.22. The van der Waals surface area contributed by atoms with Crippen molar-refractivity contribution in [1.82, 2.24) is 0 Å². The molecule has 1 aromatic rings. The maximum Gasteiger partial charge on any atom is 0.121 e. The summed E-state index contributed by atoms with van der Waals surface area (Å²) in [6.07, 6.45) is -0.849. The Morgan fingerprint density at radius 2 is 2.20 bits per heavy atom. The molecular formula is C10H14BrNO3. The minimum absolute atomic E-state index is 0.0307. The fourth-order valence-electron chi connectivity index (χ4n) is 1.28. The largest absolute Gasteiger partial charge is 0.508 e. The fourth-order valence-corrected chi connectivity index (χ4v) is 1.76. The van der Waals surface area contributed by atoms with E-state index in [-0.39, 0.29) is 12.3 Å². The molecule has 1 rings (SSSR count). The van der Waals surface area contributed by atoms with E-state index < -0.39 is 6.10 Å². The van der Waals surface area contributed by atoms with Gasteiger partial charge in [0.2, 0.25) is 0 Å². The Balaban J connectivity index is 3.07. The first-order valence-corrected chi connectivity index (χ1v) is 5.27. The van der Waals surface area contributed by atoms with Crippen LogP contribution in [0.4, 0.5) is 0 Å². The lowest BCUT2D eigenvalue weighted by molar-refractivity contribution is 0.179. The molecule has 0 bridgehead atoms. The van der Waals surface area contributed by atoms with E-state index in [1.54, 1.807) is 19.2 Å². The maximum absolute atomic E-state index is 9.65. The topological polar surface area (TPSA) is 75.7 Å². The molecule has 84 valence electrons. The van der Waals surface area contributed by atoms with E-state index in [0.717, 1.165) is 10.0 Å². The van der Waals surface area contributed by atoms with Crippen LogP contribution in [-0.2, 0) is 11.3 Å². The normalized spacial score (nSPS) is 12.8. The number of methoxy groups -OCH3 is 1. The molecule has 5 heteroatoms. The van der Waals surface area contributed by atoms with Crippen LogP contribution in [0.3, 0.4) is 0 Å². The molecule has 1 unspecified atom stereocenters. The van der Waals surface area contributed by atoms with Gasteiger partial charge in [0.05, 0.1) is 12.7 Å². The number of phenolic OH excluding ortho intramolecular Hbond substituents is 1. The highest BCUT2D eigenvalue weighted by Crippen LogP contribution is 2.30. The fraction of sp³-hybridized carbons (Fsp3) is 0.400. The van der Waals surface area contributed by atoms with E-state index in [1.165, 1.54) is 0 Å². The van der Waals surface area contributed by atoms with Crippen molar-refractivity contribution in [3.63, 3.8) is 0 Å². The number of aromatic hydroxyl groups is 1. The van der Waals surface area contributed by atoms with Gasteiger partial charge in [0.25, 0.3) is 0 Å². The second-order valence-corrected chi connectivity index (χ2v) is 4.04. The van der Waals surface area contributed by atoms with Gasteiger partial charge in [-0.2, -0.15) is 0 Å². The molecular weight excluding hydrogens is 262 g/mol. The summed E-state index contributed by atoms with van der Waals surface area (Å²) in [5.41, 5.74) is 6.56. The zero-order valence-electron chi connectivity index (χ0n) is 8.40. The van der Waals surface area contributed by atoms with Crippen LogP contribution in [0.2, 0.25) is 0 Å². The summed E-state index contributed by atoms with van der Waals surface area (Å²) in [5, 5.41) is 19.2. The van der Waals surface area contributed by atoms with Gasteiger partial charge in [0.1, 0.15) is 5.75 Å². The number of aliphatic hydroxyl groups excluding tert-OH is 1. The molecule has 1 atom stereocenters. The first-order chi connectivity index (χ1) is 7.10. The van der Waals surface area contributed by atoms with Gasteiger partial charge in [-0.1, -0.05) is 15.9 Å².